The van der Waals surface area contributed by atoms with Gasteiger partial charge in [0, 0.05) is 0 Å². The average molecular weight is 649 g/mol. The zero-order valence-corrected chi connectivity index (χ0v) is 29.9. The fraction of sp³-hybridized carbons (Fsp3) is 0.500. The Kier molecular flexibility index (Phi) is 11.2. The van der Waals surface area contributed by atoms with E-state index < -0.39 is 0 Å². The van der Waals surface area contributed by atoms with Crippen LogP contribution >= 0.6 is 11.8 Å². The Morgan fingerprint density at radius 3 is 1.81 bits per heavy atom. The summed E-state index contributed by atoms with van der Waals surface area (Å²) in [6.45, 7) is 14.0. The molecule has 0 amide bonds. The van der Waals surface area contributed by atoms with Gasteiger partial charge in [-0.2, -0.15) is 0 Å². The molecule has 0 radical (unpaired) electrons. The van der Waals surface area contributed by atoms with Crippen molar-refractivity contribution in [2.24, 2.45) is 5.92 Å². The van der Waals surface area contributed by atoms with Crippen molar-refractivity contribution < 1.29 is 9.47 Å². The Hall–Kier alpha value is -2.91. The molecule has 3 aromatic rings. The third kappa shape index (κ3) is 6.46. The Labute approximate surface area is 289 Å². The molecule has 3 aromatic carbocycles. The first-order chi connectivity index (χ1) is 23.1. The third-order valence-corrected chi connectivity index (χ3v) is 13.1. The van der Waals surface area contributed by atoms with Crippen LogP contribution in [0.2, 0.25) is 0 Å². The molecule has 3 aliphatic rings. The molecule has 1 saturated heterocycles. The van der Waals surface area contributed by atoms with Gasteiger partial charge in [-0.3, -0.25) is 0 Å². The lowest BCUT2D eigenvalue weighted by molar-refractivity contribution is 0.256. The molecule has 2 nitrogen and oxygen atoms in total. The lowest BCUT2D eigenvalue weighted by Crippen LogP contribution is -2.26. The number of fused-ring (bicyclic) bond motifs is 8. The highest BCUT2D eigenvalue weighted by molar-refractivity contribution is 8.08. The van der Waals surface area contributed by atoms with Gasteiger partial charge in [0.15, 0.2) is 11.5 Å². The smallest absolute Gasteiger partial charge is 0.164 e. The van der Waals surface area contributed by atoms with Crippen LogP contribution in [0.3, 0.4) is 0 Å². The van der Waals surface area contributed by atoms with Crippen molar-refractivity contribution in [1.82, 2.24) is 0 Å². The van der Waals surface area contributed by atoms with Crippen LogP contribution in [0.4, 0.5) is 0 Å². The van der Waals surface area contributed by atoms with Crippen molar-refractivity contribution in [2.75, 3.05) is 13.2 Å². The Balaban J connectivity index is 1.22. The molecule has 0 N–H and O–H groups in total. The Morgan fingerprint density at radius 1 is 0.723 bits per heavy atom. The lowest BCUT2D eigenvalue weighted by atomic mass is 9.75. The zero-order valence-electron chi connectivity index (χ0n) is 29.1. The minimum absolute atomic E-state index is 0.0167. The predicted molar refractivity (Wildman–Crippen MR) is 202 cm³/mol. The zero-order chi connectivity index (χ0) is 32.7. The van der Waals surface area contributed by atoms with Gasteiger partial charge < -0.3 is 9.47 Å². The van der Waals surface area contributed by atoms with E-state index in [1.165, 1.54) is 103 Å². The number of benzene rings is 3. The highest BCUT2D eigenvalue weighted by atomic mass is 32.2. The maximum atomic E-state index is 6.76. The van der Waals surface area contributed by atoms with Crippen LogP contribution in [0.25, 0.3) is 11.1 Å². The Bertz CT molecular complexity index is 1490. The van der Waals surface area contributed by atoms with Gasteiger partial charge in [0.25, 0.3) is 0 Å². The first-order valence-electron chi connectivity index (χ1n) is 18.6. The molecule has 1 aliphatic heterocycles. The topological polar surface area (TPSA) is 18.5 Å². The molecule has 2 unspecified atom stereocenters. The summed E-state index contributed by atoms with van der Waals surface area (Å²) in [7, 11) is 0. The van der Waals surface area contributed by atoms with Crippen LogP contribution in [0.5, 0.6) is 11.5 Å². The van der Waals surface area contributed by atoms with Crippen LogP contribution in [0.15, 0.2) is 79.9 Å². The summed E-state index contributed by atoms with van der Waals surface area (Å²) in [5, 5.41) is 0. The van der Waals surface area contributed by atoms with Crippen molar-refractivity contribution >= 4 is 11.8 Å². The van der Waals surface area contributed by atoms with Crippen LogP contribution in [0.1, 0.15) is 125 Å². The van der Waals surface area contributed by atoms with Crippen molar-refractivity contribution in [3.05, 3.63) is 108 Å². The molecule has 6 rings (SSSR count). The van der Waals surface area contributed by atoms with E-state index in [1.807, 2.05) is 12.2 Å². The number of thioether (sulfide) groups is 1. The highest BCUT2D eigenvalue weighted by Gasteiger charge is 2.78. The fourth-order valence-corrected chi connectivity index (χ4v) is 10.9. The fourth-order valence-electron chi connectivity index (χ4n) is 8.67. The van der Waals surface area contributed by atoms with E-state index in [0.717, 1.165) is 56.8 Å². The van der Waals surface area contributed by atoms with Gasteiger partial charge >= 0.3 is 0 Å². The molecule has 1 fully saturated rings. The van der Waals surface area contributed by atoms with Gasteiger partial charge in [-0.1, -0.05) is 119 Å². The number of hydrogen-bond donors (Lipinski definition) is 0. The number of ether oxygens (including phenoxy) is 2. The van der Waals surface area contributed by atoms with Crippen LogP contribution < -0.4 is 9.47 Å². The largest absolute Gasteiger partial charge is 0.490 e. The first kappa shape index (κ1) is 34.0. The molecule has 47 heavy (non-hydrogen) atoms. The molecule has 0 bridgehead atoms. The van der Waals surface area contributed by atoms with Crippen molar-refractivity contribution in [2.45, 2.75) is 120 Å². The number of hydrogen-bond acceptors (Lipinski definition) is 3. The summed E-state index contributed by atoms with van der Waals surface area (Å²) >= 11 is 2.19. The van der Waals surface area contributed by atoms with Gasteiger partial charge in [0.2, 0.25) is 0 Å². The molecule has 0 aromatic heterocycles. The normalized spacial score (nSPS) is 19.4. The molecular formula is C44H56O2S. The minimum atomic E-state index is -0.0352. The first-order valence-corrected chi connectivity index (χ1v) is 19.5. The second-order valence-electron chi connectivity index (χ2n) is 14.2. The van der Waals surface area contributed by atoms with Gasteiger partial charge in [-0.15, -0.1) is 24.9 Å². The summed E-state index contributed by atoms with van der Waals surface area (Å²) < 4.78 is 13.4. The van der Waals surface area contributed by atoms with Gasteiger partial charge in [-0.05, 0) is 103 Å². The summed E-state index contributed by atoms with van der Waals surface area (Å²) in [5.41, 5.74) is 10.1. The molecule has 1 heterocycles. The molecule has 0 saturated carbocycles. The maximum Gasteiger partial charge on any atom is 0.164 e. The maximum absolute atomic E-state index is 6.76. The second kappa shape index (κ2) is 15.5. The van der Waals surface area contributed by atoms with E-state index >= 15 is 0 Å². The second-order valence-corrected chi connectivity index (χ2v) is 15.6. The van der Waals surface area contributed by atoms with E-state index in [-0.39, 0.29) is 9.49 Å². The summed E-state index contributed by atoms with van der Waals surface area (Å²) in [5.74, 6) is 2.48. The molecule has 2 spiro atoms. The number of rotatable bonds is 20. The van der Waals surface area contributed by atoms with Gasteiger partial charge in [0.05, 0.1) is 22.7 Å². The van der Waals surface area contributed by atoms with Crippen molar-refractivity contribution in [1.29, 1.82) is 0 Å². The van der Waals surface area contributed by atoms with Gasteiger partial charge in [0.1, 0.15) is 0 Å². The van der Waals surface area contributed by atoms with E-state index in [9.17, 15) is 0 Å². The van der Waals surface area contributed by atoms with Crippen molar-refractivity contribution in [3.8, 4) is 22.6 Å². The van der Waals surface area contributed by atoms with E-state index in [1.54, 1.807) is 0 Å². The SMILES string of the molecule is C=CCCCCCCCCOc1cc2c(c(C)c1OCCCCCCCCC=C)C1(SC13c1ccccc1-c1ccccc13)C(C)C2. The third-order valence-electron chi connectivity index (χ3n) is 11.0. The van der Waals surface area contributed by atoms with Crippen LogP contribution in [0, 0.1) is 12.8 Å². The van der Waals surface area contributed by atoms with Gasteiger partial charge in [-0.25, -0.2) is 0 Å². The predicted octanol–water partition coefficient (Wildman–Crippen LogP) is 12.6. The average Bonchev–Trinajstić information content (AvgIpc) is 3.59. The summed E-state index contributed by atoms with van der Waals surface area (Å²) in [4.78, 5) is 0. The standard InChI is InChI=1S/C44H56O2S/c1-5-7-9-11-13-15-17-23-29-45-40-32-35-31-33(3)43(41(35)34(4)42(40)46-30-24-18-16-14-12-10-8-6-2)44(47-43)38-27-21-19-25-36(38)37-26-20-22-28-39(37)44/h5-6,19-22,25-28,32-33H,1-2,7-18,23-24,29-31H2,3-4H3. The van der Waals surface area contributed by atoms with Crippen LogP contribution in [-0.2, 0) is 15.9 Å². The molecule has 3 heteroatoms. The molecule has 2 atom stereocenters. The molecule has 2 aliphatic carbocycles. The monoisotopic (exact) mass is 648 g/mol. The number of allylic oxidation sites excluding steroid dienone is 2. The molecule has 250 valence electrons. The summed E-state index contributed by atoms with van der Waals surface area (Å²) in [6, 6.07) is 20.7. The van der Waals surface area contributed by atoms with E-state index in [0.29, 0.717) is 5.92 Å². The minimum Gasteiger partial charge on any atom is -0.490 e. The highest BCUT2D eigenvalue weighted by Crippen LogP contribution is 2.86. The summed E-state index contributed by atoms with van der Waals surface area (Å²) in [6.07, 6.45) is 22.3. The number of unbranched alkanes of at least 4 members (excludes halogenated alkanes) is 12. The van der Waals surface area contributed by atoms with Crippen LogP contribution in [-0.4, -0.2) is 13.2 Å². The molecular weight excluding hydrogens is 593 g/mol. The van der Waals surface area contributed by atoms with Crippen molar-refractivity contribution in [3.63, 3.8) is 0 Å². The van der Waals surface area contributed by atoms with E-state index in [2.05, 4.69) is 93.4 Å². The lowest BCUT2D eigenvalue weighted by Gasteiger charge is -2.25. The quantitative estimate of drug-likeness (QED) is 0.0690. The Morgan fingerprint density at radius 2 is 1.23 bits per heavy atom. The van der Waals surface area contributed by atoms with E-state index in [4.69, 9.17) is 9.47 Å².